The van der Waals surface area contributed by atoms with Gasteiger partial charge in [-0.05, 0) is 68.4 Å². The fourth-order valence-corrected chi connectivity index (χ4v) is 3.43. The molecule has 4 rings (SSSR count). The van der Waals surface area contributed by atoms with Crippen LogP contribution in [-0.4, -0.2) is 23.3 Å². The van der Waals surface area contributed by atoms with Gasteiger partial charge in [-0.1, -0.05) is 0 Å². The summed E-state index contributed by atoms with van der Waals surface area (Å²) in [6, 6.07) is 9.12. The molecule has 4 heteroatoms. The van der Waals surface area contributed by atoms with E-state index in [0.717, 1.165) is 37.0 Å². The fourth-order valence-electron chi connectivity index (χ4n) is 3.43. The van der Waals surface area contributed by atoms with Gasteiger partial charge in [0.2, 0.25) is 0 Å². The summed E-state index contributed by atoms with van der Waals surface area (Å²) in [5, 5.41) is 7.66. The van der Waals surface area contributed by atoms with Crippen molar-refractivity contribution in [1.29, 1.82) is 0 Å². The quantitative estimate of drug-likeness (QED) is 0.929. The largest absolute Gasteiger partial charge is 0.372 e. The molecular formula is C18H22FN3. The van der Waals surface area contributed by atoms with Crippen LogP contribution in [0.5, 0.6) is 0 Å². The van der Waals surface area contributed by atoms with E-state index in [1.165, 1.54) is 37.1 Å². The number of nitrogens with zero attached hydrogens (tertiary/aromatic N) is 2. The molecule has 0 radical (unpaired) electrons. The standard InChI is InChI=1S/C18H22FN3/c19-15-3-5-17(6-4-15)22-9-7-13(8-10-22)11-16-12-18(21-20-16)14-1-2-14/h3-6,12-14H,1-2,7-11H2,(H,20,21). The molecule has 0 spiro atoms. The van der Waals surface area contributed by atoms with Crippen molar-refractivity contribution in [2.24, 2.45) is 5.92 Å². The minimum atomic E-state index is -0.163. The van der Waals surface area contributed by atoms with E-state index < -0.39 is 0 Å². The maximum absolute atomic E-state index is 13.0. The van der Waals surface area contributed by atoms with Crippen LogP contribution >= 0.6 is 0 Å². The van der Waals surface area contributed by atoms with Gasteiger partial charge in [-0.3, -0.25) is 5.10 Å². The summed E-state index contributed by atoms with van der Waals surface area (Å²) in [4.78, 5) is 2.36. The first kappa shape index (κ1) is 13.8. The predicted molar refractivity (Wildman–Crippen MR) is 85.6 cm³/mol. The fraction of sp³-hybridized carbons (Fsp3) is 0.500. The van der Waals surface area contributed by atoms with Gasteiger partial charge >= 0.3 is 0 Å². The molecule has 1 aliphatic heterocycles. The summed E-state index contributed by atoms with van der Waals surface area (Å²) in [6.07, 6.45) is 6.10. The van der Waals surface area contributed by atoms with E-state index >= 15 is 0 Å². The molecule has 1 saturated heterocycles. The second-order valence-electron chi connectivity index (χ2n) is 6.70. The minimum absolute atomic E-state index is 0.163. The van der Waals surface area contributed by atoms with Crippen LogP contribution in [0.1, 0.15) is 43.0 Å². The molecule has 1 saturated carbocycles. The van der Waals surface area contributed by atoms with Crippen LogP contribution in [0.15, 0.2) is 30.3 Å². The van der Waals surface area contributed by atoms with Gasteiger partial charge in [-0.2, -0.15) is 5.10 Å². The molecule has 2 fully saturated rings. The lowest BCUT2D eigenvalue weighted by Gasteiger charge is -2.33. The van der Waals surface area contributed by atoms with Crippen molar-refractivity contribution in [1.82, 2.24) is 10.2 Å². The Morgan fingerprint density at radius 2 is 1.82 bits per heavy atom. The third-order valence-corrected chi connectivity index (χ3v) is 4.96. The Morgan fingerprint density at radius 3 is 2.50 bits per heavy atom. The first-order valence-electron chi connectivity index (χ1n) is 8.32. The van der Waals surface area contributed by atoms with Gasteiger partial charge in [0.1, 0.15) is 5.82 Å². The van der Waals surface area contributed by atoms with Crippen LogP contribution in [-0.2, 0) is 6.42 Å². The summed E-state index contributed by atoms with van der Waals surface area (Å²) in [5.74, 6) is 1.29. The van der Waals surface area contributed by atoms with Crippen LogP contribution in [0.3, 0.4) is 0 Å². The van der Waals surface area contributed by atoms with E-state index in [2.05, 4.69) is 21.2 Å². The van der Waals surface area contributed by atoms with Crippen LogP contribution < -0.4 is 4.90 Å². The molecule has 3 nitrogen and oxygen atoms in total. The van der Waals surface area contributed by atoms with E-state index in [9.17, 15) is 4.39 Å². The number of hydrogen-bond acceptors (Lipinski definition) is 2. The second-order valence-corrected chi connectivity index (χ2v) is 6.70. The number of aromatic nitrogens is 2. The molecule has 22 heavy (non-hydrogen) atoms. The Bertz CT molecular complexity index is 622. The zero-order valence-electron chi connectivity index (χ0n) is 12.8. The number of nitrogens with one attached hydrogen (secondary N) is 1. The second kappa shape index (κ2) is 5.75. The molecular weight excluding hydrogens is 277 g/mol. The number of rotatable bonds is 4. The average Bonchev–Trinajstić information content (AvgIpc) is 3.29. The highest BCUT2D eigenvalue weighted by molar-refractivity contribution is 5.46. The summed E-state index contributed by atoms with van der Waals surface area (Å²) in [6.45, 7) is 2.11. The lowest BCUT2D eigenvalue weighted by Crippen LogP contribution is -2.34. The summed E-state index contributed by atoms with van der Waals surface area (Å²) in [7, 11) is 0. The molecule has 2 heterocycles. The van der Waals surface area contributed by atoms with Gasteiger partial charge in [-0.25, -0.2) is 4.39 Å². The number of hydrogen-bond donors (Lipinski definition) is 1. The maximum atomic E-state index is 13.0. The van der Waals surface area contributed by atoms with Gasteiger partial charge in [0.15, 0.2) is 0 Å². The van der Waals surface area contributed by atoms with E-state index in [4.69, 9.17) is 0 Å². The zero-order chi connectivity index (χ0) is 14.9. The Morgan fingerprint density at radius 1 is 1.09 bits per heavy atom. The van der Waals surface area contributed by atoms with Gasteiger partial charge < -0.3 is 4.90 Å². The number of H-pyrrole nitrogens is 1. The highest BCUT2D eigenvalue weighted by atomic mass is 19.1. The Balaban J connectivity index is 1.32. The molecule has 0 bridgehead atoms. The first-order chi connectivity index (χ1) is 10.8. The van der Waals surface area contributed by atoms with Crippen molar-refractivity contribution in [2.75, 3.05) is 18.0 Å². The van der Waals surface area contributed by atoms with Gasteiger partial charge in [0.05, 0.1) is 5.69 Å². The van der Waals surface area contributed by atoms with Crippen molar-refractivity contribution < 1.29 is 4.39 Å². The van der Waals surface area contributed by atoms with Crippen LogP contribution in [0.4, 0.5) is 10.1 Å². The highest BCUT2D eigenvalue weighted by Crippen LogP contribution is 2.39. The van der Waals surface area contributed by atoms with Crippen LogP contribution in [0.2, 0.25) is 0 Å². The molecule has 1 aliphatic carbocycles. The monoisotopic (exact) mass is 299 g/mol. The van der Waals surface area contributed by atoms with Gasteiger partial charge in [0, 0.05) is 30.4 Å². The summed E-state index contributed by atoms with van der Waals surface area (Å²) < 4.78 is 13.0. The maximum Gasteiger partial charge on any atom is 0.123 e. The van der Waals surface area contributed by atoms with E-state index in [1.807, 2.05) is 12.1 Å². The predicted octanol–water partition coefficient (Wildman–Crippen LogP) is 3.89. The van der Waals surface area contributed by atoms with Crippen molar-refractivity contribution in [3.05, 3.63) is 47.5 Å². The smallest absolute Gasteiger partial charge is 0.123 e. The minimum Gasteiger partial charge on any atom is -0.372 e. The first-order valence-corrected chi connectivity index (χ1v) is 8.32. The van der Waals surface area contributed by atoms with Crippen molar-refractivity contribution >= 4 is 5.69 Å². The van der Waals surface area contributed by atoms with Gasteiger partial charge in [0.25, 0.3) is 0 Å². The van der Waals surface area contributed by atoms with E-state index in [1.54, 1.807) is 12.1 Å². The lowest BCUT2D eigenvalue weighted by molar-refractivity contribution is 0.400. The Kier molecular flexibility index (Phi) is 3.60. The molecule has 1 N–H and O–H groups in total. The molecule has 0 atom stereocenters. The number of benzene rings is 1. The Labute approximate surface area is 130 Å². The number of halogens is 1. The summed E-state index contributed by atoms with van der Waals surface area (Å²) >= 11 is 0. The van der Waals surface area contributed by atoms with Crippen molar-refractivity contribution in [3.63, 3.8) is 0 Å². The molecule has 1 aromatic carbocycles. The number of anilines is 1. The van der Waals surface area contributed by atoms with Gasteiger partial charge in [-0.15, -0.1) is 0 Å². The third-order valence-electron chi connectivity index (χ3n) is 4.96. The van der Waals surface area contributed by atoms with Crippen molar-refractivity contribution in [3.8, 4) is 0 Å². The number of piperidine rings is 1. The number of aromatic amines is 1. The molecule has 116 valence electrons. The van der Waals surface area contributed by atoms with Crippen LogP contribution in [0, 0.1) is 11.7 Å². The van der Waals surface area contributed by atoms with Crippen LogP contribution in [0.25, 0.3) is 0 Å². The summed E-state index contributed by atoms with van der Waals surface area (Å²) in [5.41, 5.74) is 3.69. The Hall–Kier alpha value is -1.84. The third kappa shape index (κ3) is 3.01. The molecule has 1 aromatic heterocycles. The SMILES string of the molecule is Fc1ccc(N2CCC(Cc3cc(C4CC4)n[nH]3)CC2)cc1. The zero-order valence-corrected chi connectivity index (χ0v) is 12.8. The molecule has 2 aromatic rings. The van der Waals surface area contributed by atoms with Crippen molar-refractivity contribution in [2.45, 2.75) is 38.0 Å². The average molecular weight is 299 g/mol. The molecule has 2 aliphatic rings. The molecule has 0 unspecified atom stereocenters. The topological polar surface area (TPSA) is 31.9 Å². The lowest BCUT2D eigenvalue weighted by atomic mass is 9.92. The highest BCUT2D eigenvalue weighted by Gasteiger charge is 2.27. The van der Waals surface area contributed by atoms with E-state index in [-0.39, 0.29) is 5.82 Å². The normalized spacial score (nSPS) is 19.6. The van der Waals surface area contributed by atoms with E-state index in [0.29, 0.717) is 0 Å². The molecule has 0 amide bonds.